The second-order valence-corrected chi connectivity index (χ2v) is 4.62. The molecule has 16 heavy (non-hydrogen) atoms. The molecule has 0 aliphatic rings. The van der Waals surface area contributed by atoms with Crippen molar-refractivity contribution in [2.45, 2.75) is 19.9 Å². The number of ether oxygens (including phenoxy) is 1. The van der Waals surface area contributed by atoms with Crippen molar-refractivity contribution in [1.29, 1.82) is 0 Å². The molecular formula is C10H11NO3S2. The fraction of sp³-hybridized carbons (Fsp3) is 0.300. The lowest BCUT2D eigenvalue weighted by molar-refractivity contribution is -0.140. The summed E-state index contributed by atoms with van der Waals surface area (Å²) in [5, 5.41) is 4.48. The van der Waals surface area contributed by atoms with Crippen molar-refractivity contribution >= 4 is 40.5 Å². The molecule has 1 heterocycles. The molecule has 1 rings (SSSR count). The van der Waals surface area contributed by atoms with E-state index < -0.39 is 12.0 Å². The van der Waals surface area contributed by atoms with Crippen LogP contribution in [0.2, 0.25) is 0 Å². The van der Waals surface area contributed by atoms with Crippen molar-refractivity contribution < 1.29 is 14.3 Å². The van der Waals surface area contributed by atoms with Gasteiger partial charge in [-0.2, -0.15) is 0 Å². The van der Waals surface area contributed by atoms with E-state index in [-0.39, 0.29) is 11.0 Å². The maximum absolute atomic E-state index is 11.7. The van der Waals surface area contributed by atoms with Gasteiger partial charge in [0.15, 0.2) is 11.1 Å². The maximum atomic E-state index is 11.7. The van der Waals surface area contributed by atoms with Crippen molar-refractivity contribution in [2.24, 2.45) is 0 Å². The van der Waals surface area contributed by atoms with E-state index in [1.807, 2.05) is 5.38 Å². The van der Waals surface area contributed by atoms with Crippen LogP contribution in [-0.4, -0.2) is 16.9 Å². The first-order chi connectivity index (χ1) is 7.50. The minimum Gasteiger partial charge on any atom is -0.418 e. The Morgan fingerprint density at radius 1 is 1.50 bits per heavy atom. The van der Waals surface area contributed by atoms with Gasteiger partial charge in [-0.3, -0.25) is 4.79 Å². The van der Waals surface area contributed by atoms with E-state index in [9.17, 15) is 9.59 Å². The summed E-state index contributed by atoms with van der Waals surface area (Å²) in [5.74, 6) is -0.859. The first-order valence-corrected chi connectivity index (χ1v) is 5.82. The highest BCUT2D eigenvalue weighted by atomic mass is 32.1. The molecule has 1 unspecified atom stereocenters. The first-order valence-electron chi connectivity index (χ1n) is 4.53. The van der Waals surface area contributed by atoms with Crippen LogP contribution in [0.4, 0.5) is 0 Å². The third-order valence-corrected chi connectivity index (χ3v) is 2.68. The fourth-order valence-corrected chi connectivity index (χ4v) is 1.95. The van der Waals surface area contributed by atoms with Crippen molar-refractivity contribution in [1.82, 2.24) is 5.32 Å². The van der Waals surface area contributed by atoms with Gasteiger partial charge in [-0.15, -0.1) is 11.3 Å². The van der Waals surface area contributed by atoms with E-state index in [0.717, 1.165) is 4.88 Å². The second-order valence-electron chi connectivity index (χ2n) is 3.06. The number of amides is 1. The highest BCUT2D eigenvalue weighted by Gasteiger charge is 2.24. The quantitative estimate of drug-likeness (QED) is 0.663. The van der Waals surface area contributed by atoms with Gasteiger partial charge >= 0.3 is 5.97 Å². The fourth-order valence-electron chi connectivity index (χ4n) is 1.11. The first kappa shape index (κ1) is 12.8. The number of nitrogens with one attached hydrogen (secondary N) is 1. The molecule has 1 aromatic heterocycles. The summed E-state index contributed by atoms with van der Waals surface area (Å²) in [6, 6.07) is 2.77. The molecule has 1 atom stereocenters. The zero-order valence-electron chi connectivity index (χ0n) is 8.85. The van der Waals surface area contributed by atoms with Crippen molar-refractivity contribution in [2.75, 3.05) is 0 Å². The van der Waals surface area contributed by atoms with Gasteiger partial charge in [-0.05, 0) is 23.7 Å². The summed E-state index contributed by atoms with van der Waals surface area (Å²) < 4.78 is 4.82. The molecule has 0 fully saturated rings. The molecule has 6 heteroatoms. The van der Waals surface area contributed by atoms with Crippen LogP contribution in [0.1, 0.15) is 24.8 Å². The molecule has 0 spiro atoms. The Kier molecular flexibility index (Phi) is 4.57. The number of hydrogen-bond donors (Lipinski definition) is 1. The Labute approximate surface area is 103 Å². The van der Waals surface area contributed by atoms with E-state index in [4.69, 9.17) is 4.74 Å². The van der Waals surface area contributed by atoms with Crippen molar-refractivity contribution in [3.63, 3.8) is 0 Å². The van der Waals surface area contributed by atoms with Crippen LogP contribution >= 0.6 is 23.6 Å². The third kappa shape index (κ3) is 3.71. The van der Waals surface area contributed by atoms with Gasteiger partial charge in [0.25, 0.3) is 0 Å². The van der Waals surface area contributed by atoms with Gasteiger partial charge in [0, 0.05) is 18.7 Å². The molecule has 86 valence electrons. The molecule has 0 aromatic carbocycles. The lowest BCUT2D eigenvalue weighted by atomic mass is 10.2. The summed E-state index contributed by atoms with van der Waals surface area (Å²) in [7, 11) is 0. The molecule has 1 N–H and O–H groups in total. The summed E-state index contributed by atoms with van der Waals surface area (Å²) in [5.41, 5.74) is 0. The van der Waals surface area contributed by atoms with Crippen LogP contribution in [0.25, 0.3) is 0 Å². The monoisotopic (exact) mass is 257 g/mol. The minimum atomic E-state index is -0.782. The summed E-state index contributed by atoms with van der Waals surface area (Å²) in [6.07, 6.45) is 0. The van der Waals surface area contributed by atoms with Gasteiger partial charge in [0.2, 0.25) is 5.91 Å². The molecule has 1 aromatic rings. The predicted molar refractivity (Wildman–Crippen MR) is 65.2 cm³/mol. The predicted octanol–water partition coefficient (Wildman–Crippen LogP) is 1.82. The minimum absolute atomic E-state index is 0.136. The highest BCUT2D eigenvalue weighted by Crippen LogP contribution is 2.20. The molecule has 0 aliphatic heterocycles. The lowest BCUT2D eigenvalue weighted by Crippen LogP contribution is -2.33. The number of carbonyl (C=O) groups excluding carboxylic acids is 2. The van der Waals surface area contributed by atoms with E-state index >= 15 is 0 Å². The number of esters is 1. The molecule has 0 aliphatic carbocycles. The Hall–Kier alpha value is -1.27. The molecular weight excluding hydrogens is 246 g/mol. The second kappa shape index (κ2) is 5.72. The standard InChI is InChI=1S/C10H11NO3S2/c1-6(12)11-9(8-4-3-5-16-8)10(13)14-7(2)15/h3-5,9H,1-2H3,(H,11,12). The zero-order valence-corrected chi connectivity index (χ0v) is 10.5. The normalized spacial score (nSPS) is 11.6. The Balaban J connectivity index is 2.83. The van der Waals surface area contributed by atoms with Crippen LogP contribution in [0, 0.1) is 0 Å². The topological polar surface area (TPSA) is 55.4 Å². The van der Waals surface area contributed by atoms with E-state index in [2.05, 4.69) is 17.5 Å². The highest BCUT2D eigenvalue weighted by molar-refractivity contribution is 7.80. The largest absolute Gasteiger partial charge is 0.418 e. The van der Waals surface area contributed by atoms with Gasteiger partial charge in [-0.1, -0.05) is 6.07 Å². The molecule has 0 saturated heterocycles. The van der Waals surface area contributed by atoms with Crippen molar-refractivity contribution in [3.05, 3.63) is 22.4 Å². The number of hydrogen-bond acceptors (Lipinski definition) is 5. The number of thiocarbonyl (C=S) groups is 1. The van der Waals surface area contributed by atoms with E-state index in [1.54, 1.807) is 12.1 Å². The SMILES string of the molecule is CC(=O)NC(C(=O)OC(C)=S)c1cccs1. The summed E-state index contributed by atoms with van der Waals surface area (Å²) in [6.45, 7) is 2.85. The van der Waals surface area contributed by atoms with E-state index in [1.165, 1.54) is 25.2 Å². The summed E-state index contributed by atoms with van der Waals surface area (Å²) in [4.78, 5) is 23.4. The van der Waals surface area contributed by atoms with Crippen LogP contribution in [-0.2, 0) is 14.3 Å². The van der Waals surface area contributed by atoms with Gasteiger partial charge < -0.3 is 10.1 Å². The van der Waals surface area contributed by atoms with Gasteiger partial charge in [0.05, 0.1) is 0 Å². The zero-order chi connectivity index (χ0) is 12.1. The molecule has 0 bridgehead atoms. The smallest absolute Gasteiger partial charge is 0.340 e. The lowest BCUT2D eigenvalue weighted by Gasteiger charge is -2.14. The summed E-state index contributed by atoms with van der Waals surface area (Å²) >= 11 is 6.05. The molecule has 0 saturated carbocycles. The number of carbonyl (C=O) groups is 2. The average molecular weight is 257 g/mol. The van der Waals surface area contributed by atoms with Crippen LogP contribution < -0.4 is 5.32 Å². The number of rotatable bonds is 3. The Morgan fingerprint density at radius 2 is 2.19 bits per heavy atom. The van der Waals surface area contributed by atoms with Crippen LogP contribution in [0.5, 0.6) is 0 Å². The van der Waals surface area contributed by atoms with Gasteiger partial charge in [-0.25, -0.2) is 4.79 Å². The van der Waals surface area contributed by atoms with Crippen molar-refractivity contribution in [3.8, 4) is 0 Å². The maximum Gasteiger partial charge on any atom is 0.340 e. The Morgan fingerprint density at radius 3 is 2.62 bits per heavy atom. The molecule has 1 amide bonds. The number of thiophene rings is 1. The van der Waals surface area contributed by atoms with Gasteiger partial charge in [0.1, 0.15) is 0 Å². The molecule has 4 nitrogen and oxygen atoms in total. The molecule has 0 radical (unpaired) electrons. The van der Waals surface area contributed by atoms with Crippen LogP contribution in [0.15, 0.2) is 17.5 Å². The average Bonchev–Trinajstić information content (AvgIpc) is 2.64. The van der Waals surface area contributed by atoms with Crippen LogP contribution in [0.3, 0.4) is 0 Å². The third-order valence-electron chi connectivity index (χ3n) is 1.66. The van der Waals surface area contributed by atoms with E-state index in [0.29, 0.717) is 0 Å². The Bertz CT molecular complexity index is 400.